The van der Waals surface area contributed by atoms with Crippen molar-refractivity contribution in [2.75, 3.05) is 24.6 Å². The maximum atomic E-state index is 12.7. The molecule has 2 heterocycles. The second kappa shape index (κ2) is 8.37. The van der Waals surface area contributed by atoms with E-state index in [0.29, 0.717) is 19.1 Å². The summed E-state index contributed by atoms with van der Waals surface area (Å²) in [5.74, 6) is 2.62. The largest absolute Gasteiger partial charge is 0.372 e. The maximum Gasteiger partial charge on any atom is 0.254 e. The number of nitrogens with zero attached hydrogens (tertiary/aromatic N) is 1. The fourth-order valence-electron chi connectivity index (χ4n) is 3.46. The molecule has 0 aliphatic carbocycles. The van der Waals surface area contributed by atoms with Gasteiger partial charge < -0.3 is 15.0 Å². The van der Waals surface area contributed by atoms with Gasteiger partial charge >= 0.3 is 0 Å². The lowest BCUT2D eigenvalue weighted by molar-refractivity contribution is -0.0586. The van der Waals surface area contributed by atoms with Gasteiger partial charge in [0.15, 0.2) is 0 Å². The highest BCUT2D eigenvalue weighted by molar-refractivity contribution is 7.99. The van der Waals surface area contributed by atoms with E-state index in [1.54, 1.807) is 0 Å². The number of carbonyl (C=O) groups excluding carboxylic acids is 1. The van der Waals surface area contributed by atoms with E-state index in [-0.39, 0.29) is 18.1 Å². The summed E-state index contributed by atoms with van der Waals surface area (Å²) >= 11 is 2.04. The molecule has 4 nitrogen and oxygen atoms in total. The van der Waals surface area contributed by atoms with Gasteiger partial charge in [-0.1, -0.05) is 12.1 Å². The molecular formula is C19H28N2O2S. The number of carbonyl (C=O) groups is 1. The predicted octanol–water partition coefficient (Wildman–Crippen LogP) is 2.92. The normalized spacial score (nSPS) is 27.9. The van der Waals surface area contributed by atoms with E-state index in [1.807, 2.05) is 42.6 Å². The van der Waals surface area contributed by atoms with E-state index in [0.717, 1.165) is 12.1 Å². The third kappa shape index (κ3) is 4.74. The molecule has 2 aliphatic heterocycles. The molecular weight excluding hydrogens is 320 g/mol. The number of nitrogens with one attached hydrogen (secondary N) is 1. The Morgan fingerprint density at radius 3 is 2.58 bits per heavy atom. The fourth-order valence-corrected chi connectivity index (χ4v) is 4.56. The lowest BCUT2D eigenvalue weighted by Crippen LogP contribution is -2.48. The molecule has 2 fully saturated rings. The average molecular weight is 349 g/mol. The molecule has 0 aromatic heterocycles. The van der Waals surface area contributed by atoms with E-state index in [1.165, 1.54) is 29.9 Å². The Kier molecular flexibility index (Phi) is 6.19. The average Bonchev–Trinajstić information content (AvgIpc) is 2.60. The summed E-state index contributed by atoms with van der Waals surface area (Å²) in [6.07, 6.45) is 2.80. The fraction of sp³-hybridized carbons (Fsp3) is 0.632. The number of ether oxygens (including phenoxy) is 1. The van der Waals surface area contributed by atoms with Crippen LogP contribution in [0.15, 0.2) is 24.3 Å². The molecule has 1 aromatic carbocycles. The van der Waals surface area contributed by atoms with Gasteiger partial charge in [-0.15, -0.1) is 0 Å². The van der Waals surface area contributed by atoms with Crippen LogP contribution in [0.5, 0.6) is 0 Å². The summed E-state index contributed by atoms with van der Waals surface area (Å²) in [6.45, 7) is 6.27. The lowest BCUT2D eigenvalue weighted by Gasteiger charge is -2.35. The van der Waals surface area contributed by atoms with Crippen LogP contribution < -0.4 is 5.32 Å². The molecule has 0 unspecified atom stereocenters. The predicted molar refractivity (Wildman–Crippen MR) is 99.5 cm³/mol. The van der Waals surface area contributed by atoms with Crippen LogP contribution in [0.2, 0.25) is 0 Å². The zero-order valence-corrected chi connectivity index (χ0v) is 15.5. The van der Waals surface area contributed by atoms with Gasteiger partial charge in [-0.25, -0.2) is 0 Å². The Hall–Kier alpha value is -1.04. The molecule has 5 heteroatoms. The van der Waals surface area contributed by atoms with Gasteiger partial charge in [-0.2, -0.15) is 11.8 Å². The van der Waals surface area contributed by atoms with Gasteiger partial charge in [-0.3, -0.25) is 4.79 Å². The molecule has 132 valence electrons. The summed E-state index contributed by atoms with van der Waals surface area (Å²) in [7, 11) is 0. The number of hydrogen-bond donors (Lipinski definition) is 1. The van der Waals surface area contributed by atoms with Crippen molar-refractivity contribution in [3.05, 3.63) is 35.4 Å². The number of thioether (sulfide) groups is 1. The summed E-state index contributed by atoms with van der Waals surface area (Å²) in [6, 6.07) is 8.69. The summed E-state index contributed by atoms with van der Waals surface area (Å²) < 4.78 is 5.71. The van der Waals surface area contributed by atoms with Gasteiger partial charge in [0.1, 0.15) is 0 Å². The molecule has 3 atom stereocenters. The highest BCUT2D eigenvalue weighted by Crippen LogP contribution is 2.18. The van der Waals surface area contributed by atoms with Gasteiger partial charge in [0.2, 0.25) is 0 Å². The first-order valence-electron chi connectivity index (χ1n) is 8.96. The lowest BCUT2D eigenvalue weighted by atomic mass is 10.1. The van der Waals surface area contributed by atoms with Gasteiger partial charge in [0.05, 0.1) is 12.2 Å². The van der Waals surface area contributed by atoms with Crippen LogP contribution in [0.3, 0.4) is 0 Å². The molecule has 3 rings (SSSR count). The van der Waals surface area contributed by atoms with Gasteiger partial charge in [0, 0.05) is 37.0 Å². The van der Waals surface area contributed by atoms with Crippen molar-refractivity contribution in [2.24, 2.45) is 0 Å². The van der Waals surface area contributed by atoms with E-state index in [9.17, 15) is 4.79 Å². The molecule has 0 bridgehead atoms. The van der Waals surface area contributed by atoms with Crippen LogP contribution in [0.25, 0.3) is 0 Å². The molecule has 1 aromatic rings. The Morgan fingerprint density at radius 1 is 1.25 bits per heavy atom. The first kappa shape index (κ1) is 17.8. The van der Waals surface area contributed by atoms with Crippen molar-refractivity contribution in [1.82, 2.24) is 10.2 Å². The Bertz CT molecular complexity index is 533. The first-order valence-corrected chi connectivity index (χ1v) is 10.1. The first-order chi connectivity index (χ1) is 11.6. The molecule has 0 spiro atoms. The van der Waals surface area contributed by atoms with E-state index in [4.69, 9.17) is 4.74 Å². The Labute approximate surface area is 149 Å². The van der Waals surface area contributed by atoms with Crippen LogP contribution in [-0.2, 0) is 11.3 Å². The number of benzene rings is 1. The van der Waals surface area contributed by atoms with Gasteiger partial charge in [0.25, 0.3) is 5.91 Å². The summed E-state index contributed by atoms with van der Waals surface area (Å²) in [4.78, 5) is 14.6. The zero-order valence-electron chi connectivity index (χ0n) is 14.7. The quantitative estimate of drug-likeness (QED) is 0.908. The smallest absolute Gasteiger partial charge is 0.254 e. The second-order valence-electron chi connectivity index (χ2n) is 6.96. The number of rotatable bonds is 4. The van der Waals surface area contributed by atoms with Crippen molar-refractivity contribution in [1.29, 1.82) is 0 Å². The molecule has 2 aliphatic rings. The maximum absolute atomic E-state index is 12.7. The minimum absolute atomic E-state index is 0.106. The molecule has 1 N–H and O–H groups in total. The number of amides is 1. The second-order valence-corrected chi connectivity index (χ2v) is 8.11. The molecule has 1 amide bonds. The van der Waals surface area contributed by atoms with E-state index >= 15 is 0 Å². The number of hydrogen-bond acceptors (Lipinski definition) is 4. The highest BCUT2D eigenvalue weighted by Gasteiger charge is 2.26. The zero-order chi connectivity index (χ0) is 16.9. The molecule has 0 radical (unpaired) electrons. The van der Waals surface area contributed by atoms with Crippen molar-refractivity contribution >= 4 is 17.7 Å². The minimum atomic E-state index is 0.106. The molecule has 2 saturated heterocycles. The number of morpholine rings is 1. The Morgan fingerprint density at radius 2 is 1.96 bits per heavy atom. The van der Waals surface area contributed by atoms with Crippen molar-refractivity contribution in [3.8, 4) is 0 Å². The highest BCUT2D eigenvalue weighted by atomic mass is 32.2. The SMILES string of the molecule is C[C@@H]1CN(C(=O)c2ccc(CN[C@@H]3CCCSC3)cc2)C[C@H](C)O1. The molecule has 24 heavy (non-hydrogen) atoms. The van der Waals surface area contributed by atoms with Crippen LogP contribution in [0.1, 0.15) is 42.6 Å². The topological polar surface area (TPSA) is 41.6 Å². The van der Waals surface area contributed by atoms with Crippen molar-refractivity contribution < 1.29 is 9.53 Å². The van der Waals surface area contributed by atoms with Crippen LogP contribution in [-0.4, -0.2) is 53.7 Å². The van der Waals surface area contributed by atoms with E-state index < -0.39 is 0 Å². The molecule has 0 saturated carbocycles. The van der Waals surface area contributed by atoms with Crippen LogP contribution >= 0.6 is 11.8 Å². The third-order valence-electron chi connectivity index (χ3n) is 4.66. The monoisotopic (exact) mass is 348 g/mol. The van der Waals surface area contributed by atoms with Crippen LogP contribution in [0, 0.1) is 0 Å². The summed E-state index contributed by atoms with van der Waals surface area (Å²) in [5, 5.41) is 3.63. The summed E-state index contributed by atoms with van der Waals surface area (Å²) in [5.41, 5.74) is 2.01. The van der Waals surface area contributed by atoms with E-state index in [2.05, 4.69) is 17.4 Å². The van der Waals surface area contributed by atoms with Crippen LogP contribution in [0.4, 0.5) is 0 Å². The minimum Gasteiger partial charge on any atom is -0.372 e. The standard InChI is InChI=1S/C19H28N2O2S/c1-14-11-21(12-15(2)23-14)19(22)17-7-5-16(6-8-17)10-20-18-4-3-9-24-13-18/h5-8,14-15,18,20H,3-4,9-13H2,1-2H3/t14-,15+,18-/m1/s1. The van der Waals surface area contributed by atoms with Crippen molar-refractivity contribution in [2.45, 2.75) is 51.5 Å². The van der Waals surface area contributed by atoms with Crippen molar-refractivity contribution in [3.63, 3.8) is 0 Å². The van der Waals surface area contributed by atoms with Gasteiger partial charge in [-0.05, 0) is 50.1 Å². The Balaban J connectivity index is 1.54. The third-order valence-corrected chi connectivity index (χ3v) is 5.88.